The monoisotopic (exact) mass is 340 g/mol. The van der Waals surface area contributed by atoms with Gasteiger partial charge in [0.1, 0.15) is 0 Å². The Morgan fingerprint density at radius 2 is 2.04 bits per heavy atom. The number of aromatic nitrogens is 1. The highest BCUT2D eigenvalue weighted by molar-refractivity contribution is 7.13. The standard InChI is InChI=1S/C19H21N3OS/c1-22(2)11-6-10-20-19(23)15-13-17(18-9-5-12-24-18)21-16-8-4-3-7-14(15)16/h3-5,7-9,12-13H,6,10-11H2,1-2H3,(H,20,23)/p+1. The fourth-order valence-corrected chi connectivity index (χ4v) is 3.34. The molecule has 3 rings (SSSR count). The largest absolute Gasteiger partial charge is 0.352 e. The molecule has 124 valence electrons. The van der Waals surface area contributed by atoms with E-state index in [2.05, 4.69) is 19.4 Å². The zero-order chi connectivity index (χ0) is 16.9. The molecule has 0 unspecified atom stereocenters. The summed E-state index contributed by atoms with van der Waals surface area (Å²) in [7, 11) is 4.23. The average Bonchev–Trinajstić information content (AvgIpc) is 3.12. The number of amides is 1. The molecule has 0 aliphatic carbocycles. The van der Waals surface area contributed by atoms with E-state index < -0.39 is 0 Å². The molecule has 0 spiro atoms. The minimum absolute atomic E-state index is 0.0276. The van der Waals surface area contributed by atoms with E-state index in [1.807, 2.05) is 47.8 Å². The number of thiophene rings is 1. The molecule has 0 aliphatic heterocycles. The molecular formula is C19H22N3OS+. The molecule has 2 N–H and O–H groups in total. The van der Waals surface area contributed by atoms with Crippen LogP contribution in [0.2, 0.25) is 0 Å². The Morgan fingerprint density at radius 3 is 2.79 bits per heavy atom. The molecule has 0 saturated carbocycles. The first kappa shape index (κ1) is 16.6. The van der Waals surface area contributed by atoms with Gasteiger partial charge >= 0.3 is 0 Å². The van der Waals surface area contributed by atoms with Gasteiger partial charge in [-0.3, -0.25) is 4.79 Å². The molecule has 0 bridgehead atoms. The molecule has 0 radical (unpaired) electrons. The van der Waals surface area contributed by atoms with Gasteiger partial charge in [-0.15, -0.1) is 11.3 Å². The SMILES string of the molecule is C[NH+](C)CCCNC(=O)c1cc(-c2cccs2)nc2ccccc12. The maximum absolute atomic E-state index is 12.7. The number of nitrogens with zero attached hydrogens (tertiary/aromatic N) is 1. The highest BCUT2D eigenvalue weighted by Gasteiger charge is 2.14. The fraction of sp³-hybridized carbons (Fsp3) is 0.263. The first-order valence-electron chi connectivity index (χ1n) is 8.16. The summed E-state index contributed by atoms with van der Waals surface area (Å²) in [5.74, 6) is -0.0276. The molecule has 0 fully saturated rings. The van der Waals surface area contributed by atoms with Crippen LogP contribution in [-0.4, -0.2) is 38.1 Å². The summed E-state index contributed by atoms with van der Waals surface area (Å²) >= 11 is 1.63. The average molecular weight is 340 g/mol. The third kappa shape index (κ3) is 3.80. The number of nitrogens with one attached hydrogen (secondary N) is 2. The van der Waals surface area contributed by atoms with Crippen molar-refractivity contribution in [1.29, 1.82) is 0 Å². The van der Waals surface area contributed by atoms with Crippen molar-refractivity contribution in [2.45, 2.75) is 6.42 Å². The third-order valence-corrected chi connectivity index (χ3v) is 4.77. The summed E-state index contributed by atoms with van der Waals surface area (Å²) < 4.78 is 0. The second-order valence-electron chi connectivity index (χ2n) is 6.12. The van der Waals surface area contributed by atoms with Crippen LogP contribution in [-0.2, 0) is 0 Å². The van der Waals surface area contributed by atoms with E-state index in [0.29, 0.717) is 12.1 Å². The van der Waals surface area contributed by atoms with Gasteiger partial charge in [0.15, 0.2) is 0 Å². The van der Waals surface area contributed by atoms with Gasteiger partial charge in [0.2, 0.25) is 0 Å². The van der Waals surface area contributed by atoms with Crippen molar-refractivity contribution in [2.24, 2.45) is 0 Å². The van der Waals surface area contributed by atoms with Crippen molar-refractivity contribution in [1.82, 2.24) is 10.3 Å². The van der Waals surface area contributed by atoms with Crippen LogP contribution in [0.4, 0.5) is 0 Å². The maximum Gasteiger partial charge on any atom is 0.252 e. The van der Waals surface area contributed by atoms with Crippen molar-refractivity contribution >= 4 is 28.1 Å². The molecule has 0 saturated heterocycles. The number of rotatable bonds is 6. The van der Waals surface area contributed by atoms with Crippen LogP contribution in [0.3, 0.4) is 0 Å². The zero-order valence-corrected chi connectivity index (χ0v) is 14.8. The van der Waals surface area contributed by atoms with Crippen molar-refractivity contribution < 1.29 is 9.69 Å². The van der Waals surface area contributed by atoms with E-state index in [9.17, 15) is 4.79 Å². The topological polar surface area (TPSA) is 46.4 Å². The lowest BCUT2D eigenvalue weighted by Gasteiger charge is -2.11. The van der Waals surface area contributed by atoms with Crippen molar-refractivity contribution in [3.63, 3.8) is 0 Å². The number of quaternary nitrogens is 1. The first-order chi connectivity index (χ1) is 11.6. The summed E-state index contributed by atoms with van der Waals surface area (Å²) in [5.41, 5.74) is 2.40. The van der Waals surface area contributed by atoms with E-state index in [-0.39, 0.29) is 5.91 Å². The van der Waals surface area contributed by atoms with Crippen LogP contribution in [0.1, 0.15) is 16.8 Å². The number of hydrogen-bond acceptors (Lipinski definition) is 3. The van der Waals surface area contributed by atoms with E-state index in [0.717, 1.165) is 34.4 Å². The highest BCUT2D eigenvalue weighted by Crippen LogP contribution is 2.27. The molecular weight excluding hydrogens is 318 g/mol. The van der Waals surface area contributed by atoms with Crippen LogP contribution in [0.5, 0.6) is 0 Å². The molecule has 5 heteroatoms. The quantitative estimate of drug-likeness (QED) is 0.676. The van der Waals surface area contributed by atoms with Crippen molar-refractivity contribution in [3.05, 3.63) is 53.4 Å². The van der Waals surface area contributed by atoms with Gasteiger partial charge in [-0.2, -0.15) is 0 Å². The Hall–Kier alpha value is -2.24. The number of benzene rings is 1. The lowest BCUT2D eigenvalue weighted by Crippen LogP contribution is -3.05. The smallest absolute Gasteiger partial charge is 0.252 e. The van der Waals surface area contributed by atoms with Gasteiger partial charge in [-0.1, -0.05) is 24.3 Å². The fourth-order valence-electron chi connectivity index (χ4n) is 2.65. The van der Waals surface area contributed by atoms with E-state index in [1.165, 1.54) is 4.90 Å². The van der Waals surface area contributed by atoms with Crippen molar-refractivity contribution in [3.8, 4) is 10.6 Å². The molecule has 0 atom stereocenters. The van der Waals surface area contributed by atoms with Crippen LogP contribution in [0, 0.1) is 0 Å². The summed E-state index contributed by atoms with van der Waals surface area (Å²) in [6, 6.07) is 13.7. The van der Waals surface area contributed by atoms with Crippen molar-refractivity contribution in [2.75, 3.05) is 27.2 Å². The Kier molecular flexibility index (Phi) is 5.23. The van der Waals surface area contributed by atoms with Crippen LogP contribution < -0.4 is 10.2 Å². The molecule has 4 nitrogen and oxygen atoms in total. The molecule has 1 aromatic carbocycles. The molecule has 24 heavy (non-hydrogen) atoms. The zero-order valence-electron chi connectivity index (χ0n) is 14.0. The summed E-state index contributed by atoms with van der Waals surface area (Å²) in [6.45, 7) is 1.73. The van der Waals surface area contributed by atoms with Gasteiger partial charge in [-0.05, 0) is 23.6 Å². The van der Waals surface area contributed by atoms with E-state index in [1.54, 1.807) is 11.3 Å². The molecule has 1 amide bonds. The maximum atomic E-state index is 12.7. The summed E-state index contributed by atoms with van der Waals surface area (Å²) in [5, 5.41) is 5.96. The third-order valence-electron chi connectivity index (χ3n) is 3.87. The number of carbonyl (C=O) groups excluding carboxylic acids is 1. The second-order valence-corrected chi connectivity index (χ2v) is 7.06. The van der Waals surface area contributed by atoms with Gasteiger partial charge < -0.3 is 10.2 Å². The Labute approximate surface area is 146 Å². The molecule has 3 aromatic rings. The molecule has 2 heterocycles. The normalized spacial score (nSPS) is 11.1. The number of hydrogen-bond donors (Lipinski definition) is 2. The Morgan fingerprint density at radius 1 is 1.21 bits per heavy atom. The predicted octanol–water partition coefficient (Wildman–Crippen LogP) is 2.23. The summed E-state index contributed by atoms with van der Waals surface area (Å²) in [4.78, 5) is 19.9. The van der Waals surface area contributed by atoms with Crippen LogP contribution in [0.15, 0.2) is 47.8 Å². The number of carbonyl (C=O) groups is 1. The minimum Gasteiger partial charge on any atom is -0.352 e. The Balaban J connectivity index is 1.89. The van der Waals surface area contributed by atoms with Crippen LogP contribution in [0.25, 0.3) is 21.5 Å². The van der Waals surface area contributed by atoms with Gasteiger partial charge in [0.25, 0.3) is 5.91 Å². The number of pyridine rings is 1. The lowest BCUT2D eigenvalue weighted by molar-refractivity contribution is -0.858. The first-order valence-corrected chi connectivity index (χ1v) is 9.04. The molecule has 2 aromatic heterocycles. The van der Waals surface area contributed by atoms with Gasteiger partial charge in [-0.25, -0.2) is 4.98 Å². The van der Waals surface area contributed by atoms with Gasteiger partial charge in [0.05, 0.1) is 42.3 Å². The van der Waals surface area contributed by atoms with E-state index in [4.69, 9.17) is 4.98 Å². The predicted molar refractivity (Wildman–Crippen MR) is 99.7 cm³/mol. The lowest BCUT2D eigenvalue weighted by atomic mass is 10.1. The van der Waals surface area contributed by atoms with Crippen LogP contribution >= 0.6 is 11.3 Å². The minimum atomic E-state index is -0.0276. The second kappa shape index (κ2) is 7.55. The highest BCUT2D eigenvalue weighted by atomic mass is 32.1. The van der Waals surface area contributed by atoms with E-state index >= 15 is 0 Å². The number of fused-ring (bicyclic) bond motifs is 1. The molecule has 0 aliphatic rings. The summed E-state index contributed by atoms with van der Waals surface area (Å²) in [6.07, 6.45) is 0.967. The Bertz CT molecular complexity index is 828. The van der Waals surface area contributed by atoms with Gasteiger partial charge in [0, 0.05) is 18.4 Å². The number of para-hydroxylation sites is 1.